The molecule has 0 spiro atoms. The highest BCUT2D eigenvalue weighted by molar-refractivity contribution is 5.63. The van der Waals surface area contributed by atoms with E-state index < -0.39 is 6.17 Å². The van der Waals surface area contributed by atoms with Crippen molar-refractivity contribution in [3.63, 3.8) is 0 Å². The quantitative estimate of drug-likeness (QED) is 0.625. The monoisotopic (exact) mass is 191 g/mol. The van der Waals surface area contributed by atoms with Crippen molar-refractivity contribution in [2.45, 2.75) is 38.3 Å². The number of nitrogen functional groups attached to an aromatic ring is 1. The van der Waals surface area contributed by atoms with Crippen molar-refractivity contribution in [3.8, 4) is 0 Å². The number of benzene rings is 1. The van der Waals surface area contributed by atoms with Crippen molar-refractivity contribution < 1.29 is 4.39 Å². The van der Waals surface area contributed by atoms with Crippen molar-refractivity contribution in [2.24, 2.45) is 0 Å². The van der Waals surface area contributed by atoms with Gasteiger partial charge in [-0.25, -0.2) is 4.39 Å². The van der Waals surface area contributed by atoms with E-state index >= 15 is 0 Å². The van der Waals surface area contributed by atoms with E-state index in [0.717, 1.165) is 29.7 Å². The van der Waals surface area contributed by atoms with E-state index in [2.05, 4.69) is 6.07 Å². The molecule has 1 aromatic rings. The Labute approximate surface area is 83.1 Å². The number of nitrogens with two attached hydrogens (primary N) is 1. The second-order valence-electron chi connectivity index (χ2n) is 4.42. The maximum absolute atomic E-state index is 13.2. The van der Waals surface area contributed by atoms with Crippen LogP contribution in [0, 0.1) is 0 Å². The summed E-state index contributed by atoms with van der Waals surface area (Å²) in [4.78, 5) is 0. The first-order chi connectivity index (χ1) is 6.75. The van der Waals surface area contributed by atoms with Crippen LogP contribution in [0.3, 0.4) is 0 Å². The van der Waals surface area contributed by atoms with Gasteiger partial charge in [0.25, 0.3) is 0 Å². The minimum absolute atomic E-state index is 0.536. The summed E-state index contributed by atoms with van der Waals surface area (Å²) in [6, 6.07) is 2.19. The Balaban J connectivity index is 2.19. The van der Waals surface area contributed by atoms with Crippen LogP contribution in [-0.4, -0.2) is 6.17 Å². The summed E-state index contributed by atoms with van der Waals surface area (Å²) in [5, 5.41) is 0. The first-order valence-corrected chi connectivity index (χ1v) is 5.31. The van der Waals surface area contributed by atoms with Crippen molar-refractivity contribution in [1.82, 2.24) is 0 Å². The normalized spacial score (nSPS) is 23.6. The third-order valence-corrected chi connectivity index (χ3v) is 3.51. The molecule has 0 saturated heterocycles. The fourth-order valence-corrected chi connectivity index (χ4v) is 2.84. The highest BCUT2D eigenvalue weighted by Crippen LogP contribution is 2.37. The van der Waals surface area contributed by atoms with Crippen LogP contribution in [0.4, 0.5) is 10.1 Å². The van der Waals surface area contributed by atoms with Gasteiger partial charge in [-0.05, 0) is 41.5 Å². The number of aryl methyl sites for hydroxylation is 1. The summed E-state index contributed by atoms with van der Waals surface area (Å²) >= 11 is 0. The molecule has 0 unspecified atom stereocenters. The number of hydrogen-bond donors (Lipinski definition) is 1. The second-order valence-corrected chi connectivity index (χ2v) is 4.42. The molecule has 2 heteroatoms. The number of alkyl halides is 1. The van der Waals surface area contributed by atoms with Gasteiger partial charge in [0, 0.05) is 18.5 Å². The van der Waals surface area contributed by atoms with E-state index in [9.17, 15) is 4.39 Å². The van der Waals surface area contributed by atoms with Crippen LogP contribution in [-0.2, 0) is 25.7 Å². The molecule has 0 fully saturated rings. The van der Waals surface area contributed by atoms with Gasteiger partial charge in [0.15, 0.2) is 0 Å². The van der Waals surface area contributed by atoms with Crippen LogP contribution in [0.15, 0.2) is 6.07 Å². The van der Waals surface area contributed by atoms with Gasteiger partial charge in [0.05, 0.1) is 0 Å². The van der Waals surface area contributed by atoms with E-state index in [1.165, 1.54) is 17.5 Å². The van der Waals surface area contributed by atoms with Gasteiger partial charge in [-0.2, -0.15) is 0 Å². The number of halogens is 1. The van der Waals surface area contributed by atoms with Gasteiger partial charge >= 0.3 is 0 Å². The van der Waals surface area contributed by atoms with Crippen LogP contribution < -0.4 is 5.73 Å². The molecule has 1 nitrogen and oxygen atoms in total. The van der Waals surface area contributed by atoms with Crippen LogP contribution in [0.2, 0.25) is 0 Å². The molecular formula is C12H14FN. The molecule has 2 aliphatic rings. The molecule has 0 bridgehead atoms. The topological polar surface area (TPSA) is 26.0 Å². The maximum Gasteiger partial charge on any atom is 0.108 e. The summed E-state index contributed by atoms with van der Waals surface area (Å²) in [6.07, 6.45) is 3.84. The first-order valence-electron chi connectivity index (χ1n) is 5.31. The summed E-state index contributed by atoms with van der Waals surface area (Å²) in [7, 11) is 0. The molecule has 3 rings (SSSR count). The average molecular weight is 191 g/mol. The lowest BCUT2D eigenvalue weighted by Crippen LogP contribution is -2.00. The van der Waals surface area contributed by atoms with Crippen molar-refractivity contribution in [1.29, 1.82) is 0 Å². The molecule has 1 aromatic carbocycles. The highest BCUT2D eigenvalue weighted by atomic mass is 19.1. The molecular weight excluding hydrogens is 177 g/mol. The van der Waals surface area contributed by atoms with Crippen LogP contribution >= 0.6 is 0 Å². The number of hydrogen-bond acceptors (Lipinski definition) is 1. The lowest BCUT2D eigenvalue weighted by molar-refractivity contribution is 0.349. The molecule has 0 aromatic heterocycles. The van der Waals surface area contributed by atoms with Crippen molar-refractivity contribution in [3.05, 3.63) is 28.3 Å². The Morgan fingerprint density at radius 3 is 2.86 bits per heavy atom. The molecule has 74 valence electrons. The largest absolute Gasteiger partial charge is 0.398 e. The third-order valence-electron chi connectivity index (χ3n) is 3.51. The predicted molar refractivity (Wildman–Crippen MR) is 55.2 cm³/mol. The van der Waals surface area contributed by atoms with E-state index in [1.807, 2.05) is 0 Å². The van der Waals surface area contributed by atoms with Gasteiger partial charge in [-0.15, -0.1) is 0 Å². The van der Waals surface area contributed by atoms with E-state index in [0.29, 0.717) is 12.8 Å². The molecule has 0 heterocycles. The molecule has 0 amide bonds. The minimum atomic E-state index is -0.699. The number of rotatable bonds is 0. The van der Waals surface area contributed by atoms with E-state index in [-0.39, 0.29) is 0 Å². The number of fused-ring (bicyclic) bond motifs is 2. The van der Waals surface area contributed by atoms with Crippen LogP contribution in [0.5, 0.6) is 0 Å². The van der Waals surface area contributed by atoms with Gasteiger partial charge in [-0.3, -0.25) is 0 Å². The van der Waals surface area contributed by atoms with E-state index in [4.69, 9.17) is 5.73 Å². The zero-order chi connectivity index (χ0) is 9.71. The Morgan fingerprint density at radius 2 is 2.00 bits per heavy atom. The Kier molecular flexibility index (Phi) is 1.61. The third kappa shape index (κ3) is 0.999. The van der Waals surface area contributed by atoms with Gasteiger partial charge in [-0.1, -0.05) is 6.07 Å². The highest BCUT2D eigenvalue weighted by Gasteiger charge is 2.27. The summed E-state index contributed by atoms with van der Waals surface area (Å²) in [5.41, 5.74) is 11.9. The van der Waals surface area contributed by atoms with Crippen molar-refractivity contribution >= 4 is 5.69 Å². The van der Waals surface area contributed by atoms with Gasteiger partial charge in [0.2, 0.25) is 0 Å². The van der Waals surface area contributed by atoms with Crippen LogP contribution in [0.25, 0.3) is 0 Å². The lowest BCUT2D eigenvalue weighted by atomic mass is 9.99. The molecule has 0 aliphatic heterocycles. The standard InChI is InChI=1S/C12H14FN/c13-9-5-8-4-7-2-1-3-10(7)12(14)11(8)6-9/h4,9H,1-3,5-6,14H2/t9-/m0/s1. The fraction of sp³-hybridized carbons (Fsp3) is 0.500. The molecule has 1 atom stereocenters. The molecule has 0 radical (unpaired) electrons. The Bertz CT molecular complexity index is 398. The Hall–Kier alpha value is -1.05. The molecule has 0 saturated carbocycles. The zero-order valence-corrected chi connectivity index (χ0v) is 8.15. The first kappa shape index (κ1) is 8.27. The fourth-order valence-electron chi connectivity index (χ4n) is 2.84. The lowest BCUT2D eigenvalue weighted by Gasteiger charge is -2.09. The van der Waals surface area contributed by atoms with E-state index in [1.54, 1.807) is 0 Å². The summed E-state index contributed by atoms with van der Waals surface area (Å²) < 4.78 is 13.2. The van der Waals surface area contributed by atoms with Crippen LogP contribution in [0.1, 0.15) is 28.7 Å². The SMILES string of the molecule is Nc1c2c(cc3c1C[C@@H](F)C3)CCC2. The second kappa shape index (κ2) is 2.72. The van der Waals surface area contributed by atoms with Gasteiger partial charge < -0.3 is 5.73 Å². The smallest absolute Gasteiger partial charge is 0.108 e. The molecule has 2 N–H and O–H groups in total. The maximum atomic E-state index is 13.2. The number of anilines is 1. The van der Waals surface area contributed by atoms with Gasteiger partial charge in [0.1, 0.15) is 6.17 Å². The zero-order valence-electron chi connectivity index (χ0n) is 8.15. The average Bonchev–Trinajstić information content (AvgIpc) is 2.71. The summed E-state index contributed by atoms with van der Waals surface area (Å²) in [5.74, 6) is 0. The molecule has 14 heavy (non-hydrogen) atoms. The minimum Gasteiger partial charge on any atom is -0.398 e. The predicted octanol–water partition coefficient (Wildman–Crippen LogP) is 2.19. The Morgan fingerprint density at radius 1 is 1.14 bits per heavy atom. The molecule has 2 aliphatic carbocycles. The summed E-state index contributed by atoms with van der Waals surface area (Å²) in [6.45, 7) is 0. The van der Waals surface area contributed by atoms with Crippen molar-refractivity contribution in [2.75, 3.05) is 5.73 Å².